The van der Waals surface area contributed by atoms with Crippen LogP contribution in [0.3, 0.4) is 0 Å². The highest BCUT2D eigenvalue weighted by atomic mass is 16.2. The predicted molar refractivity (Wildman–Crippen MR) is 102 cm³/mol. The molecule has 1 amide bonds. The molecule has 1 heterocycles. The van der Waals surface area contributed by atoms with Gasteiger partial charge in [0, 0.05) is 18.8 Å². The van der Waals surface area contributed by atoms with Crippen molar-refractivity contribution in [2.24, 2.45) is 0 Å². The van der Waals surface area contributed by atoms with Crippen LogP contribution in [0, 0.1) is 6.92 Å². The van der Waals surface area contributed by atoms with Crippen molar-refractivity contribution in [3.05, 3.63) is 47.9 Å². The fraction of sp³-hybridized carbons (Fsp3) is 0.421. The van der Waals surface area contributed by atoms with Gasteiger partial charge in [0.1, 0.15) is 11.5 Å². The van der Waals surface area contributed by atoms with E-state index in [4.69, 9.17) is 0 Å². The van der Waals surface area contributed by atoms with Crippen LogP contribution >= 0.6 is 0 Å². The Morgan fingerprint density at radius 2 is 2.00 bits per heavy atom. The number of hydrogen-bond acceptors (Lipinski definition) is 5. The van der Waals surface area contributed by atoms with Crippen LogP contribution in [0.15, 0.2) is 36.7 Å². The van der Waals surface area contributed by atoms with Gasteiger partial charge in [-0.15, -0.1) is 0 Å². The molecule has 25 heavy (non-hydrogen) atoms. The summed E-state index contributed by atoms with van der Waals surface area (Å²) in [5, 5.41) is 3.22. The maximum Gasteiger partial charge on any atom is 0.278 e. The van der Waals surface area contributed by atoms with Gasteiger partial charge in [0.15, 0.2) is 0 Å². The maximum absolute atomic E-state index is 12.7. The maximum atomic E-state index is 12.7. The zero-order valence-electron chi connectivity index (χ0n) is 15.5. The molecule has 0 aliphatic heterocycles. The van der Waals surface area contributed by atoms with Crippen LogP contribution < -0.4 is 10.2 Å². The summed E-state index contributed by atoms with van der Waals surface area (Å²) in [7, 11) is 4.10. The number of carbonyl (C=O) groups is 1. The number of rotatable bonds is 8. The molecule has 6 nitrogen and oxygen atoms in total. The molecule has 2 rings (SSSR count). The van der Waals surface area contributed by atoms with E-state index in [9.17, 15) is 4.79 Å². The van der Waals surface area contributed by atoms with Crippen LogP contribution in [0.1, 0.15) is 29.4 Å². The Hall–Kier alpha value is -2.47. The number of aryl methyl sites for hydroxylation is 1. The van der Waals surface area contributed by atoms with Crippen molar-refractivity contribution in [2.45, 2.75) is 20.3 Å². The van der Waals surface area contributed by atoms with Crippen molar-refractivity contribution >= 4 is 17.4 Å². The van der Waals surface area contributed by atoms with E-state index in [-0.39, 0.29) is 5.91 Å². The number of hydrogen-bond donors (Lipinski definition) is 1. The molecule has 6 heteroatoms. The number of nitrogens with one attached hydrogen (secondary N) is 1. The van der Waals surface area contributed by atoms with E-state index in [0.29, 0.717) is 18.1 Å². The molecule has 2 aromatic rings. The van der Waals surface area contributed by atoms with E-state index in [2.05, 4.69) is 20.2 Å². The second-order valence-corrected chi connectivity index (χ2v) is 6.26. The van der Waals surface area contributed by atoms with Gasteiger partial charge in [-0.05, 0) is 58.6 Å². The second-order valence-electron chi connectivity index (χ2n) is 6.26. The Morgan fingerprint density at radius 1 is 1.20 bits per heavy atom. The normalized spacial score (nSPS) is 10.8. The molecule has 0 radical (unpaired) electrons. The van der Waals surface area contributed by atoms with Crippen molar-refractivity contribution in [3.63, 3.8) is 0 Å². The summed E-state index contributed by atoms with van der Waals surface area (Å²) in [6, 6.07) is 7.89. The van der Waals surface area contributed by atoms with Crippen molar-refractivity contribution in [1.29, 1.82) is 0 Å². The number of amides is 1. The first-order valence-electron chi connectivity index (χ1n) is 8.60. The molecule has 0 saturated carbocycles. The van der Waals surface area contributed by atoms with Gasteiger partial charge in [-0.1, -0.05) is 12.1 Å². The van der Waals surface area contributed by atoms with Crippen LogP contribution in [0.2, 0.25) is 0 Å². The molecule has 0 spiro atoms. The number of nitrogens with zero attached hydrogens (tertiary/aromatic N) is 4. The largest absolute Gasteiger partial charge is 0.369 e. The third-order valence-electron chi connectivity index (χ3n) is 3.83. The Bertz CT molecular complexity index is 684. The van der Waals surface area contributed by atoms with Crippen LogP contribution in [-0.4, -0.2) is 54.5 Å². The molecular weight excluding hydrogens is 314 g/mol. The lowest BCUT2D eigenvalue weighted by Gasteiger charge is -2.21. The van der Waals surface area contributed by atoms with Gasteiger partial charge in [-0.2, -0.15) is 0 Å². The molecule has 1 N–H and O–H groups in total. The molecule has 0 bridgehead atoms. The lowest BCUT2D eigenvalue weighted by atomic mass is 10.2. The highest BCUT2D eigenvalue weighted by molar-refractivity contribution is 6.04. The summed E-state index contributed by atoms with van der Waals surface area (Å²) in [5.41, 5.74) is 2.34. The van der Waals surface area contributed by atoms with E-state index in [1.54, 1.807) is 11.1 Å². The van der Waals surface area contributed by atoms with E-state index >= 15 is 0 Å². The molecule has 1 aromatic heterocycles. The number of carbonyl (C=O) groups excluding carboxylic acids is 1. The molecular formula is C19H27N5O. The monoisotopic (exact) mass is 341 g/mol. The molecule has 134 valence electrons. The SMILES string of the molecule is CCN(C(=O)c1cnc(NCCCN(C)C)cn1)c1cccc(C)c1. The van der Waals surface area contributed by atoms with Crippen LogP contribution in [0.5, 0.6) is 0 Å². The molecule has 0 unspecified atom stereocenters. The zero-order valence-corrected chi connectivity index (χ0v) is 15.5. The summed E-state index contributed by atoms with van der Waals surface area (Å²) in [5.74, 6) is 0.550. The average Bonchev–Trinajstić information content (AvgIpc) is 2.60. The Morgan fingerprint density at radius 3 is 2.60 bits per heavy atom. The van der Waals surface area contributed by atoms with Gasteiger partial charge < -0.3 is 15.1 Å². The fourth-order valence-corrected chi connectivity index (χ4v) is 2.52. The Labute approximate surface area is 149 Å². The van der Waals surface area contributed by atoms with Crippen molar-refractivity contribution < 1.29 is 4.79 Å². The van der Waals surface area contributed by atoms with Crippen LogP contribution in [0.4, 0.5) is 11.5 Å². The molecule has 0 atom stereocenters. The Kier molecular flexibility index (Phi) is 6.89. The van der Waals surface area contributed by atoms with E-state index in [1.165, 1.54) is 6.20 Å². The number of aromatic nitrogens is 2. The minimum Gasteiger partial charge on any atom is -0.369 e. The van der Waals surface area contributed by atoms with Crippen molar-refractivity contribution in [1.82, 2.24) is 14.9 Å². The van der Waals surface area contributed by atoms with Gasteiger partial charge in [-0.3, -0.25) is 4.79 Å². The molecule has 0 saturated heterocycles. The highest BCUT2D eigenvalue weighted by Gasteiger charge is 2.17. The smallest absolute Gasteiger partial charge is 0.278 e. The summed E-state index contributed by atoms with van der Waals surface area (Å²) in [4.78, 5) is 25.2. The van der Waals surface area contributed by atoms with E-state index in [1.807, 2.05) is 52.2 Å². The molecule has 0 aliphatic carbocycles. The third kappa shape index (κ3) is 5.53. The van der Waals surface area contributed by atoms with Crippen molar-refractivity contribution in [2.75, 3.05) is 43.9 Å². The van der Waals surface area contributed by atoms with Gasteiger partial charge in [0.25, 0.3) is 5.91 Å². The summed E-state index contributed by atoms with van der Waals surface area (Å²) in [6.07, 6.45) is 4.17. The van der Waals surface area contributed by atoms with E-state index in [0.717, 1.165) is 30.8 Å². The molecule has 0 aliphatic rings. The summed E-state index contributed by atoms with van der Waals surface area (Å²) in [6.45, 7) is 6.38. The predicted octanol–water partition coefficient (Wildman–Crippen LogP) is 2.82. The first-order chi connectivity index (χ1) is 12.0. The first-order valence-corrected chi connectivity index (χ1v) is 8.60. The average molecular weight is 341 g/mol. The minimum atomic E-state index is -0.139. The molecule has 1 aromatic carbocycles. The summed E-state index contributed by atoms with van der Waals surface area (Å²) >= 11 is 0. The number of anilines is 2. The molecule has 0 fully saturated rings. The zero-order chi connectivity index (χ0) is 18.2. The van der Waals surface area contributed by atoms with Gasteiger partial charge in [0.2, 0.25) is 0 Å². The van der Waals surface area contributed by atoms with Crippen molar-refractivity contribution in [3.8, 4) is 0 Å². The first kappa shape index (κ1) is 18.9. The topological polar surface area (TPSA) is 61.4 Å². The van der Waals surface area contributed by atoms with Gasteiger partial charge in [0.05, 0.1) is 12.4 Å². The minimum absolute atomic E-state index is 0.139. The third-order valence-corrected chi connectivity index (χ3v) is 3.83. The standard InChI is InChI=1S/C19H27N5O/c1-5-24(16-9-6-8-15(2)12-16)19(25)17-13-22-18(14-21-17)20-10-7-11-23(3)4/h6,8-9,12-14H,5,7,10-11H2,1-4H3,(H,20,22). The lowest BCUT2D eigenvalue weighted by molar-refractivity contribution is 0.0983. The van der Waals surface area contributed by atoms with Crippen LogP contribution in [-0.2, 0) is 0 Å². The second kappa shape index (κ2) is 9.13. The lowest BCUT2D eigenvalue weighted by Crippen LogP contribution is -2.31. The van der Waals surface area contributed by atoms with E-state index < -0.39 is 0 Å². The van der Waals surface area contributed by atoms with Crippen LogP contribution in [0.25, 0.3) is 0 Å². The fourth-order valence-electron chi connectivity index (χ4n) is 2.52. The quantitative estimate of drug-likeness (QED) is 0.748. The summed E-state index contributed by atoms with van der Waals surface area (Å²) < 4.78 is 0. The Balaban J connectivity index is 2.01. The highest BCUT2D eigenvalue weighted by Crippen LogP contribution is 2.18. The number of benzene rings is 1. The van der Waals surface area contributed by atoms with Gasteiger partial charge in [-0.25, -0.2) is 9.97 Å². The van der Waals surface area contributed by atoms with Gasteiger partial charge >= 0.3 is 0 Å².